The van der Waals surface area contributed by atoms with E-state index in [1.165, 1.54) is 4.90 Å². The zero-order chi connectivity index (χ0) is 13.9. The Labute approximate surface area is 110 Å². The van der Waals surface area contributed by atoms with Crippen molar-refractivity contribution in [3.05, 3.63) is 0 Å². The van der Waals surface area contributed by atoms with E-state index in [9.17, 15) is 9.59 Å². The minimum Gasteiger partial charge on any atom is -0.347 e. The third-order valence-electron chi connectivity index (χ3n) is 3.49. The Morgan fingerprint density at radius 1 is 1.33 bits per heavy atom. The summed E-state index contributed by atoms with van der Waals surface area (Å²) >= 11 is 0. The van der Waals surface area contributed by atoms with Crippen LogP contribution in [0.25, 0.3) is 0 Å². The molecular weight excluding hydrogens is 230 g/mol. The highest BCUT2D eigenvalue weighted by Gasteiger charge is 2.32. The van der Waals surface area contributed by atoms with E-state index in [0.717, 1.165) is 19.4 Å². The van der Waals surface area contributed by atoms with Gasteiger partial charge in [-0.1, -0.05) is 13.8 Å². The molecule has 5 heteroatoms. The lowest BCUT2D eigenvalue weighted by Gasteiger charge is -2.27. The van der Waals surface area contributed by atoms with Gasteiger partial charge in [0.2, 0.25) is 11.8 Å². The van der Waals surface area contributed by atoms with Crippen LogP contribution in [0.1, 0.15) is 26.7 Å². The van der Waals surface area contributed by atoms with Crippen molar-refractivity contribution >= 4 is 11.8 Å². The van der Waals surface area contributed by atoms with Crippen LogP contribution in [0.5, 0.6) is 0 Å². The highest BCUT2D eigenvalue weighted by molar-refractivity contribution is 5.89. The van der Waals surface area contributed by atoms with Gasteiger partial charge < -0.3 is 10.2 Å². The average molecular weight is 255 g/mol. The average Bonchev–Trinajstić information content (AvgIpc) is 2.70. The topological polar surface area (TPSA) is 52.7 Å². The molecule has 1 heterocycles. The smallest absolute Gasteiger partial charge is 0.244 e. The summed E-state index contributed by atoms with van der Waals surface area (Å²) in [7, 11) is 5.38. The SMILES string of the molecule is CC(C)[C@H](NC(=O)[C@H]1CCCN1C)C(=O)N(C)C. The number of nitrogens with zero attached hydrogens (tertiary/aromatic N) is 2. The lowest BCUT2D eigenvalue weighted by molar-refractivity contribution is -0.136. The van der Waals surface area contributed by atoms with Gasteiger partial charge in [-0.25, -0.2) is 0 Å². The zero-order valence-corrected chi connectivity index (χ0v) is 12.1. The molecule has 1 aliphatic rings. The summed E-state index contributed by atoms with van der Waals surface area (Å²) in [5.41, 5.74) is 0. The van der Waals surface area contributed by atoms with Gasteiger partial charge in [0.25, 0.3) is 0 Å². The van der Waals surface area contributed by atoms with E-state index < -0.39 is 6.04 Å². The molecule has 1 aliphatic heterocycles. The first-order chi connectivity index (χ1) is 8.34. The molecule has 2 amide bonds. The second kappa shape index (κ2) is 6.18. The van der Waals surface area contributed by atoms with Crippen molar-refractivity contribution in [1.29, 1.82) is 0 Å². The van der Waals surface area contributed by atoms with Crippen LogP contribution in [0.4, 0.5) is 0 Å². The van der Waals surface area contributed by atoms with Gasteiger partial charge in [-0.15, -0.1) is 0 Å². The minimum atomic E-state index is -0.429. The molecule has 104 valence electrons. The van der Waals surface area contributed by atoms with Crippen molar-refractivity contribution in [2.75, 3.05) is 27.7 Å². The number of nitrogens with one attached hydrogen (secondary N) is 1. The molecule has 0 saturated carbocycles. The Kier molecular flexibility index (Phi) is 5.14. The highest BCUT2D eigenvalue weighted by atomic mass is 16.2. The van der Waals surface area contributed by atoms with Crippen molar-refractivity contribution in [3.8, 4) is 0 Å². The van der Waals surface area contributed by atoms with Crippen LogP contribution in [0.15, 0.2) is 0 Å². The van der Waals surface area contributed by atoms with Crippen LogP contribution < -0.4 is 5.32 Å². The summed E-state index contributed by atoms with van der Waals surface area (Å²) in [6, 6.07) is -0.511. The molecule has 0 bridgehead atoms. The molecule has 1 rings (SSSR count). The van der Waals surface area contributed by atoms with E-state index in [1.54, 1.807) is 14.1 Å². The van der Waals surface area contributed by atoms with Gasteiger partial charge in [0.1, 0.15) is 6.04 Å². The molecule has 5 nitrogen and oxygen atoms in total. The lowest BCUT2D eigenvalue weighted by atomic mass is 10.0. The van der Waals surface area contributed by atoms with E-state index in [1.807, 2.05) is 25.8 Å². The first-order valence-corrected chi connectivity index (χ1v) is 6.56. The van der Waals surface area contributed by atoms with Crippen LogP contribution in [-0.4, -0.2) is 61.4 Å². The van der Waals surface area contributed by atoms with Gasteiger partial charge in [0.15, 0.2) is 0 Å². The summed E-state index contributed by atoms with van der Waals surface area (Å²) in [6.07, 6.45) is 1.92. The van der Waals surface area contributed by atoms with Crippen molar-refractivity contribution < 1.29 is 9.59 Å². The maximum absolute atomic E-state index is 12.2. The van der Waals surface area contributed by atoms with Gasteiger partial charge in [0.05, 0.1) is 6.04 Å². The first-order valence-electron chi connectivity index (χ1n) is 6.56. The van der Waals surface area contributed by atoms with Crippen LogP contribution >= 0.6 is 0 Å². The summed E-state index contributed by atoms with van der Waals surface area (Å²) in [5.74, 6) is 0.0264. The fraction of sp³-hybridized carbons (Fsp3) is 0.846. The number of likely N-dealkylation sites (N-methyl/N-ethyl adjacent to an activating group) is 2. The van der Waals surface area contributed by atoms with Gasteiger partial charge >= 0.3 is 0 Å². The number of amides is 2. The Hall–Kier alpha value is -1.10. The Balaban J connectivity index is 2.66. The molecule has 2 atom stereocenters. The quantitative estimate of drug-likeness (QED) is 0.786. The molecule has 0 radical (unpaired) electrons. The molecule has 0 aromatic rings. The fourth-order valence-corrected chi connectivity index (χ4v) is 2.28. The number of carbonyl (C=O) groups is 2. The number of carbonyl (C=O) groups excluding carboxylic acids is 2. The second-order valence-corrected chi connectivity index (χ2v) is 5.60. The molecule has 1 fully saturated rings. The van der Waals surface area contributed by atoms with E-state index >= 15 is 0 Å². The Morgan fingerprint density at radius 3 is 2.33 bits per heavy atom. The van der Waals surface area contributed by atoms with Crippen LogP contribution in [0, 0.1) is 5.92 Å². The predicted octanol–water partition coefficient (Wildman–Crippen LogP) is 0.310. The zero-order valence-electron chi connectivity index (χ0n) is 12.1. The molecule has 0 spiro atoms. The van der Waals surface area contributed by atoms with Crippen LogP contribution in [0.2, 0.25) is 0 Å². The largest absolute Gasteiger partial charge is 0.347 e. The third kappa shape index (κ3) is 3.45. The third-order valence-corrected chi connectivity index (χ3v) is 3.49. The van der Waals surface area contributed by atoms with Gasteiger partial charge in [-0.2, -0.15) is 0 Å². The molecule has 0 unspecified atom stereocenters. The van der Waals surface area contributed by atoms with E-state index in [2.05, 4.69) is 5.32 Å². The number of hydrogen-bond donors (Lipinski definition) is 1. The highest BCUT2D eigenvalue weighted by Crippen LogP contribution is 2.15. The molecule has 1 saturated heterocycles. The minimum absolute atomic E-state index is 0.0242. The summed E-state index contributed by atoms with van der Waals surface area (Å²) < 4.78 is 0. The van der Waals surface area contributed by atoms with E-state index in [4.69, 9.17) is 0 Å². The first kappa shape index (κ1) is 15.0. The number of hydrogen-bond acceptors (Lipinski definition) is 3. The van der Waals surface area contributed by atoms with E-state index in [-0.39, 0.29) is 23.8 Å². The van der Waals surface area contributed by atoms with Crippen LogP contribution in [0.3, 0.4) is 0 Å². The Morgan fingerprint density at radius 2 is 1.94 bits per heavy atom. The summed E-state index contributed by atoms with van der Waals surface area (Å²) in [5, 5.41) is 2.90. The molecule has 0 aromatic carbocycles. The molecule has 0 aliphatic carbocycles. The van der Waals surface area contributed by atoms with Crippen molar-refractivity contribution in [1.82, 2.24) is 15.1 Å². The molecule has 18 heavy (non-hydrogen) atoms. The van der Waals surface area contributed by atoms with Crippen LogP contribution in [-0.2, 0) is 9.59 Å². The second-order valence-electron chi connectivity index (χ2n) is 5.60. The monoisotopic (exact) mass is 255 g/mol. The maximum Gasteiger partial charge on any atom is 0.244 e. The number of likely N-dealkylation sites (tertiary alicyclic amines) is 1. The number of rotatable bonds is 4. The van der Waals surface area contributed by atoms with E-state index in [0.29, 0.717) is 0 Å². The standard InChI is InChI=1S/C13H25N3O2/c1-9(2)11(13(18)15(3)4)14-12(17)10-7-6-8-16(10)5/h9-11H,6-8H2,1-5H3,(H,14,17)/t10-,11+/m1/s1. The van der Waals surface area contributed by atoms with Crippen molar-refractivity contribution in [2.24, 2.45) is 5.92 Å². The van der Waals surface area contributed by atoms with Crippen molar-refractivity contribution in [2.45, 2.75) is 38.8 Å². The molecule has 0 aromatic heterocycles. The van der Waals surface area contributed by atoms with Gasteiger partial charge in [-0.05, 0) is 32.4 Å². The predicted molar refractivity (Wildman–Crippen MR) is 71.1 cm³/mol. The lowest BCUT2D eigenvalue weighted by Crippen LogP contribution is -2.53. The molecular formula is C13H25N3O2. The maximum atomic E-state index is 12.2. The van der Waals surface area contributed by atoms with Crippen molar-refractivity contribution in [3.63, 3.8) is 0 Å². The van der Waals surface area contributed by atoms with Gasteiger partial charge in [0, 0.05) is 14.1 Å². The Bertz CT molecular complexity index is 315. The normalized spacial score (nSPS) is 22.0. The molecule has 1 N–H and O–H groups in total. The summed E-state index contributed by atoms with van der Waals surface area (Å²) in [6.45, 7) is 4.85. The summed E-state index contributed by atoms with van der Waals surface area (Å²) in [4.78, 5) is 27.8. The fourth-order valence-electron chi connectivity index (χ4n) is 2.28. The van der Waals surface area contributed by atoms with Gasteiger partial charge in [-0.3, -0.25) is 14.5 Å².